The van der Waals surface area contributed by atoms with Crippen LogP contribution in [-0.2, 0) is 16.2 Å². The minimum Gasteiger partial charge on any atom is -0.495 e. The zero-order chi connectivity index (χ0) is 26.4. The van der Waals surface area contributed by atoms with Crippen molar-refractivity contribution < 1.29 is 28.6 Å². The molecule has 0 aromatic heterocycles. The van der Waals surface area contributed by atoms with E-state index in [9.17, 15) is 14.4 Å². The summed E-state index contributed by atoms with van der Waals surface area (Å²) in [5.74, 6) is 0.400. The summed E-state index contributed by atoms with van der Waals surface area (Å²) in [6.07, 6.45) is 1.58. The minimum absolute atomic E-state index is 0.201. The van der Waals surface area contributed by atoms with Crippen molar-refractivity contribution >= 4 is 52.2 Å². The molecule has 0 aliphatic carbocycles. The number of ether oxygens (including phenoxy) is 3. The van der Waals surface area contributed by atoms with Crippen LogP contribution in [0.4, 0.5) is 10.5 Å². The molecule has 1 N–H and O–H groups in total. The SMILES string of the molecule is COc1ccccc1NC(=O)CN1C(=O)S/C(=C/c2ccc(OCc3ccc(Cl)cc3)c(OC)c2)C1=O. The van der Waals surface area contributed by atoms with Crippen molar-refractivity contribution in [2.45, 2.75) is 6.61 Å². The number of para-hydroxylation sites is 2. The second-order valence-corrected chi connectivity index (χ2v) is 9.27. The number of benzene rings is 3. The second-order valence-electron chi connectivity index (χ2n) is 7.84. The molecule has 0 saturated carbocycles. The van der Waals surface area contributed by atoms with Crippen LogP contribution >= 0.6 is 23.4 Å². The highest BCUT2D eigenvalue weighted by atomic mass is 35.5. The van der Waals surface area contributed by atoms with Crippen molar-refractivity contribution in [1.29, 1.82) is 0 Å². The van der Waals surface area contributed by atoms with Crippen molar-refractivity contribution in [3.63, 3.8) is 0 Å². The van der Waals surface area contributed by atoms with E-state index in [0.717, 1.165) is 22.2 Å². The highest BCUT2D eigenvalue weighted by Gasteiger charge is 2.36. The van der Waals surface area contributed by atoms with Crippen LogP contribution < -0.4 is 19.5 Å². The number of nitrogens with one attached hydrogen (secondary N) is 1. The van der Waals surface area contributed by atoms with Crippen LogP contribution in [0.25, 0.3) is 6.08 Å². The number of amides is 3. The van der Waals surface area contributed by atoms with Gasteiger partial charge in [-0.1, -0.05) is 41.9 Å². The van der Waals surface area contributed by atoms with Gasteiger partial charge in [0, 0.05) is 5.02 Å². The molecular weight excluding hydrogens is 516 g/mol. The summed E-state index contributed by atoms with van der Waals surface area (Å²) in [5, 5.41) is 2.78. The first-order valence-electron chi connectivity index (χ1n) is 11.1. The fraction of sp³-hybridized carbons (Fsp3) is 0.148. The van der Waals surface area contributed by atoms with Crippen LogP contribution in [0.5, 0.6) is 17.2 Å². The molecule has 3 aromatic rings. The van der Waals surface area contributed by atoms with Gasteiger partial charge in [-0.05, 0) is 65.4 Å². The zero-order valence-electron chi connectivity index (χ0n) is 20.0. The molecule has 1 aliphatic rings. The summed E-state index contributed by atoms with van der Waals surface area (Å²) in [5.41, 5.74) is 2.03. The van der Waals surface area contributed by atoms with Crippen LogP contribution in [0.1, 0.15) is 11.1 Å². The lowest BCUT2D eigenvalue weighted by atomic mass is 10.1. The molecule has 1 saturated heterocycles. The number of hydrogen-bond acceptors (Lipinski definition) is 7. The molecule has 190 valence electrons. The minimum atomic E-state index is -0.549. The van der Waals surface area contributed by atoms with Gasteiger partial charge < -0.3 is 19.5 Å². The first kappa shape index (κ1) is 26.1. The van der Waals surface area contributed by atoms with Crippen LogP contribution in [-0.4, -0.2) is 42.7 Å². The van der Waals surface area contributed by atoms with Crippen LogP contribution in [0.15, 0.2) is 71.6 Å². The molecule has 37 heavy (non-hydrogen) atoms. The number of nitrogens with zero attached hydrogens (tertiary/aromatic N) is 1. The van der Waals surface area contributed by atoms with Crippen molar-refractivity contribution in [3.8, 4) is 17.2 Å². The largest absolute Gasteiger partial charge is 0.495 e. The van der Waals surface area contributed by atoms with E-state index in [1.54, 1.807) is 60.7 Å². The predicted molar refractivity (Wildman–Crippen MR) is 143 cm³/mol. The lowest BCUT2D eigenvalue weighted by molar-refractivity contribution is -0.127. The van der Waals surface area contributed by atoms with Crippen molar-refractivity contribution in [2.24, 2.45) is 0 Å². The summed E-state index contributed by atoms with van der Waals surface area (Å²) in [7, 11) is 3.00. The Balaban J connectivity index is 1.43. The van der Waals surface area contributed by atoms with E-state index in [1.165, 1.54) is 14.2 Å². The highest BCUT2D eigenvalue weighted by molar-refractivity contribution is 8.18. The lowest BCUT2D eigenvalue weighted by Crippen LogP contribution is -2.36. The summed E-state index contributed by atoms with van der Waals surface area (Å²) in [6, 6.07) is 19.4. The number of carbonyl (C=O) groups excluding carboxylic acids is 3. The summed E-state index contributed by atoms with van der Waals surface area (Å²) in [4.78, 5) is 39.0. The number of anilines is 1. The Kier molecular flexibility index (Phi) is 8.37. The van der Waals surface area contributed by atoms with Crippen LogP contribution in [0, 0.1) is 0 Å². The number of methoxy groups -OCH3 is 2. The average molecular weight is 539 g/mol. The Morgan fingerprint density at radius 2 is 1.70 bits per heavy atom. The van der Waals surface area contributed by atoms with Gasteiger partial charge in [0.1, 0.15) is 18.9 Å². The average Bonchev–Trinajstić information content (AvgIpc) is 3.16. The summed E-state index contributed by atoms with van der Waals surface area (Å²) in [6.45, 7) is -0.0937. The molecule has 3 aromatic carbocycles. The van der Waals surface area contributed by atoms with Crippen LogP contribution in [0.2, 0.25) is 5.02 Å². The van der Waals surface area contributed by atoms with Gasteiger partial charge in [-0.2, -0.15) is 0 Å². The standard InChI is InChI=1S/C27H23ClN2O6S/c1-34-21-6-4-3-5-20(21)29-25(31)15-30-26(32)24(37-27(30)33)14-18-9-12-22(23(13-18)35-2)36-16-17-7-10-19(28)11-8-17/h3-14H,15-16H2,1-2H3,(H,29,31)/b24-14+. The second kappa shape index (κ2) is 11.9. The van der Waals surface area contributed by atoms with Crippen molar-refractivity contribution in [3.05, 3.63) is 87.8 Å². The molecular formula is C27H23ClN2O6S. The molecule has 0 atom stereocenters. The third-order valence-electron chi connectivity index (χ3n) is 5.35. The maximum Gasteiger partial charge on any atom is 0.294 e. The van der Waals surface area contributed by atoms with Gasteiger partial charge in [-0.15, -0.1) is 0 Å². The zero-order valence-corrected chi connectivity index (χ0v) is 21.6. The maximum atomic E-state index is 12.9. The van der Waals surface area contributed by atoms with Gasteiger partial charge in [0.25, 0.3) is 11.1 Å². The third kappa shape index (κ3) is 6.44. The number of thioether (sulfide) groups is 1. The van der Waals surface area contributed by atoms with E-state index in [1.807, 2.05) is 12.1 Å². The summed E-state index contributed by atoms with van der Waals surface area (Å²) >= 11 is 6.69. The predicted octanol–water partition coefficient (Wildman–Crippen LogP) is 5.61. The van der Waals surface area contributed by atoms with Crippen LogP contribution in [0.3, 0.4) is 0 Å². The molecule has 0 bridgehead atoms. The fourth-order valence-corrected chi connectivity index (χ4v) is 4.47. The molecule has 1 heterocycles. The van der Waals surface area contributed by atoms with Gasteiger partial charge >= 0.3 is 0 Å². The van der Waals surface area contributed by atoms with Gasteiger partial charge in [-0.3, -0.25) is 19.3 Å². The number of hydrogen-bond donors (Lipinski definition) is 1. The highest BCUT2D eigenvalue weighted by Crippen LogP contribution is 2.35. The Bertz CT molecular complexity index is 1360. The Labute approximate surface area is 223 Å². The molecule has 0 unspecified atom stereocenters. The smallest absolute Gasteiger partial charge is 0.294 e. The number of halogens is 1. The molecule has 3 amide bonds. The number of imide groups is 1. The Hall–Kier alpha value is -3.95. The van der Waals surface area contributed by atoms with E-state index in [2.05, 4.69) is 5.32 Å². The summed E-state index contributed by atoms with van der Waals surface area (Å²) < 4.78 is 16.5. The normalized spacial score (nSPS) is 14.1. The van der Waals surface area contributed by atoms with Crippen molar-refractivity contribution in [1.82, 2.24) is 4.90 Å². The lowest BCUT2D eigenvalue weighted by Gasteiger charge is -2.14. The topological polar surface area (TPSA) is 94.2 Å². The quantitative estimate of drug-likeness (QED) is 0.354. The van der Waals surface area contributed by atoms with Crippen molar-refractivity contribution in [2.75, 3.05) is 26.1 Å². The first-order chi connectivity index (χ1) is 17.9. The maximum absolute atomic E-state index is 12.9. The molecule has 0 spiro atoms. The third-order valence-corrected chi connectivity index (χ3v) is 6.51. The molecule has 4 rings (SSSR count). The van der Waals surface area contributed by atoms with E-state index < -0.39 is 23.6 Å². The van der Waals surface area contributed by atoms with E-state index in [-0.39, 0.29) is 4.91 Å². The van der Waals surface area contributed by atoms with Gasteiger partial charge in [0.2, 0.25) is 5.91 Å². The van der Waals surface area contributed by atoms with E-state index in [0.29, 0.717) is 40.1 Å². The first-order valence-corrected chi connectivity index (χ1v) is 12.3. The van der Waals surface area contributed by atoms with Gasteiger partial charge in [0.15, 0.2) is 11.5 Å². The molecule has 8 nitrogen and oxygen atoms in total. The number of carbonyl (C=O) groups is 3. The Morgan fingerprint density at radius 3 is 2.43 bits per heavy atom. The van der Waals surface area contributed by atoms with Gasteiger partial charge in [-0.25, -0.2) is 0 Å². The molecule has 0 radical (unpaired) electrons. The van der Waals surface area contributed by atoms with E-state index >= 15 is 0 Å². The fourth-order valence-electron chi connectivity index (χ4n) is 3.50. The monoisotopic (exact) mass is 538 g/mol. The van der Waals surface area contributed by atoms with Gasteiger partial charge in [0.05, 0.1) is 24.8 Å². The number of rotatable bonds is 9. The molecule has 1 fully saturated rings. The molecule has 1 aliphatic heterocycles. The van der Waals surface area contributed by atoms with E-state index in [4.69, 9.17) is 25.8 Å². The molecule has 10 heteroatoms. The Morgan fingerprint density at radius 1 is 0.973 bits per heavy atom.